The van der Waals surface area contributed by atoms with Gasteiger partial charge in [-0.3, -0.25) is 0 Å². The summed E-state index contributed by atoms with van der Waals surface area (Å²) >= 11 is 0. The van der Waals surface area contributed by atoms with Crippen molar-refractivity contribution < 1.29 is 70.4 Å². The predicted octanol–water partition coefficient (Wildman–Crippen LogP) is 14.0. The lowest BCUT2D eigenvalue weighted by Gasteiger charge is -2.45. The van der Waals surface area contributed by atoms with E-state index in [2.05, 4.69) is 19.1 Å². The third-order valence-corrected chi connectivity index (χ3v) is 13.1. The highest BCUT2D eigenvalue weighted by molar-refractivity contribution is 7.11. The molecule has 0 unspecified atom stereocenters. The van der Waals surface area contributed by atoms with Crippen LogP contribution in [0.2, 0.25) is 6.32 Å². The molecule has 0 aromatic heterocycles. The van der Waals surface area contributed by atoms with E-state index in [-0.39, 0.29) is 17.5 Å². The van der Waals surface area contributed by atoms with Gasteiger partial charge in [0, 0.05) is 22.3 Å². The van der Waals surface area contributed by atoms with Crippen molar-refractivity contribution in [3.63, 3.8) is 0 Å². The Bertz CT molecular complexity index is 2740. The van der Waals surface area contributed by atoms with Gasteiger partial charge in [-0.2, -0.15) is 0 Å². The molecular weight excluding hydrogens is 960 g/mol. The highest BCUT2D eigenvalue weighted by Crippen LogP contribution is 2.42. The van der Waals surface area contributed by atoms with Gasteiger partial charge in [0.05, 0.1) is 0 Å². The highest BCUT2D eigenvalue weighted by Gasteiger charge is 2.52. The van der Waals surface area contributed by atoms with Crippen molar-refractivity contribution in [1.29, 1.82) is 0 Å². The molecule has 1 aliphatic rings. The summed E-state index contributed by atoms with van der Waals surface area (Å²) in [6.07, 6.45) is -6.28. The van der Waals surface area contributed by atoms with Gasteiger partial charge in [0.2, 0.25) is 6.34 Å². The molecule has 0 saturated carbocycles. The van der Waals surface area contributed by atoms with Gasteiger partial charge in [-0.25, -0.2) is 75.3 Å². The first-order valence-corrected chi connectivity index (χ1v) is 22.6. The van der Waals surface area contributed by atoms with Crippen molar-refractivity contribution in [1.82, 2.24) is 0 Å². The van der Waals surface area contributed by atoms with E-state index in [9.17, 15) is 13.2 Å². The van der Waals surface area contributed by atoms with E-state index in [1.54, 1.807) is 64.1 Å². The van der Waals surface area contributed by atoms with Crippen LogP contribution < -0.4 is 21.3 Å². The van der Waals surface area contributed by atoms with Gasteiger partial charge in [0.25, 0.3) is 0 Å². The van der Waals surface area contributed by atoms with Gasteiger partial charge < -0.3 is 0 Å². The normalized spacial score (nSPS) is 14.1. The summed E-state index contributed by atoms with van der Waals surface area (Å²) in [5.74, 6) is -46.5. The Morgan fingerprint density at radius 1 is 0.423 bits per heavy atom. The minimum Gasteiger partial charge on any atom is -0.230 e. The van der Waals surface area contributed by atoms with Crippen molar-refractivity contribution in [2.24, 2.45) is 0 Å². The number of hydrogen-bond donors (Lipinski definition) is 0. The number of rotatable bonds is 11. The molecule has 0 bridgehead atoms. The molecule has 1 heterocycles. The molecule has 2 nitrogen and oxygen atoms in total. The van der Waals surface area contributed by atoms with Gasteiger partial charge in [0.15, 0.2) is 52.4 Å². The highest BCUT2D eigenvalue weighted by atomic mass is 19.2. The Labute approximate surface area is 401 Å². The molecule has 0 N–H and O–H groups in total. The molecule has 378 valence electrons. The van der Waals surface area contributed by atoms with Gasteiger partial charge in [-0.1, -0.05) is 128 Å². The summed E-state index contributed by atoms with van der Waals surface area (Å²) in [6.45, 7) is 15.7. The zero-order valence-electron chi connectivity index (χ0n) is 39.9. The van der Waals surface area contributed by atoms with Crippen molar-refractivity contribution in [2.45, 2.75) is 98.3 Å². The zero-order chi connectivity index (χ0) is 52.9. The molecule has 0 aliphatic carbocycles. The van der Waals surface area contributed by atoms with E-state index in [0.717, 1.165) is 0 Å². The predicted molar refractivity (Wildman–Crippen MR) is 246 cm³/mol. The second-order valence-electron chi connectivity index (χ2n) is 18.9. The lowest BCUT2D eigenvalue weighted by atomic mass is 9.13. The molecule has 0 radical (unpaired) electrons. The summed E-state index contributed by atoms with van der Waals surface area (Å²) in [7, 11) is 0. The lowest BCUT2D eigenvalue weighted by Crippen LogP contribution is -2.74. The monoisotopic (exact) mass is 1010 g/mol. The number of anilines is 1. The fourth-order valence-corrected chi connectivity index (χ4v) is 9.73. The molecule has 0 spiro atoms. The fraction of sp³-hybridized carbons (Fsp3) is 0.302. The first-order chi connectivity index (χ1) is 33.2. The Balaban J connectivity index is 0.00000108. The van der Waals surface area contributed by atoms with Crippen molar-refractivity contribution in [3.8, 4) is 0 Å². The molecule has 6 aromatic carbocycles. The first kappa shape index (κ1) is 54.1. The van der Waals surface area contributed by atoms with E-state index in [1.165, 1.54) is 21.4 Å². The largest absolute Gasteiger partial charge is 0.244 e. The molecule has 1 aliphatic heterocycles. The molecule has 18 heteroatoms. The van der Waals surface area contributed by atoms with Gasteiger partial charge >= 0.3 is 0 Å². The maximum atomic E-state index is 16.7. The quantitative estimate of drug-likeness (QED) is 0.0412. The van der Waals surface area contributed by atoms with Gasteiger partial charge in [0.1, 0.15) is 65.0 Å². The van der Waals surface area contributed by atoms with Crippen LogP contribution in [0, 0.1) is 94.2 Å². The SMILES string of the molecule is CC(C)c1cccc(C(C)C)c1N1C=[N+](c2c(C(C)C)cccc2C(C)C)C[C@H]1C[B-](c1c(F)c(F)c(F)c(F)c1F)(c1c(F)c(F)c(F)c(F)c1F)c1c(F)c(F)c(F)c(F)c1F.Cc1ccccc1. The average Bonchev–Trinajstić information content (AvgIpc) is 3.74. The van der Waals surface area contributed by atoms with Gasteiger partial charge in [-0.05, 0) is 30.6 Å². The van der Waals surface area contributed by atoms with E-state index in [0.29, 0.717) is 27.9 Å². The van der Waals surface area contributed by atoms with Crippen LogP contribution in [0.3, 0.4) is 0 Å². The van der Waals surface area contributed by atoms with Crippen LogP contribution in [-0.2, 0) is 0 Å². The Kier molecular flexibility index (Phi) is 15.9. The summed E-state index contributed by atoms with van der Waals surface area (Å²) in [4.78, 5) is 1.30. The molecule has 6 aromatic rings. The smallest absolute Gasteiger partial charge is 0.230 e. The molecule has 1 atom stereocenters. The Morgan fingerprint density at radius 3 is 1.00 bits per heavy atom. The van der Waals surface area contributed by atoms with Crippen LogP contribution in [0.15, 0.2) is 66.7 Å². The lowest BCUT2D eigenvalue weighted by molar-refractivity contribution is -0.429. The van der Waals surface area contributed by atoms with Crippen LogP contribution in [0.4, 0.5) is 77.2 Å². The third kappa shape index (κ3) is 9.43. The fourth-order valence-electron chi connectivity index (χ4n) is 9.73. The van der Waals surface area contributed by atoms with Crippen LogP contribution in [0.25, 0.3) is 0 Å². The van der Waals surface area contributed by atoms with Crippen LogP contribution in [0.1, 0.15) is 107 Å². The van der Waals surface area contributed by atoms with E-state index in [4.69, 9.17) is 0 Å². The third-order valence-electron chi connectivity index (χ3n) is 13.1. The molecule has 0 amide bonds. The van der Waals surface area contributed by atoms with E-state index < -0.39 is 141 Å². The zero-order valence-corrected chi connectivity index (χ0v) is 39.9. The van der Waals surface area contributed by atoms with E-state index in [1.807, 2.05) is 45.9 Å². The summed E-state index contributed by atoms with van der Waals surface area (Å²) in [5, 5.41) is 0. The maximum absolute atomic E-state index is 16.7. The van der Waals surface area contributed by atoms with Crippen molar-refractivity contribution in [3.05, 3.63) is 182 Å². The van der Waals surface area contributed by atoms with Crippen molar-refractivity contribution in [2.75, 3.05) is 11.4 Å². The molecular formula is C53H48BF15N2. The topological polar surface area (TPSA) is 6.25 Å². The Hall–Kier alpha value is -6.20. The minimum absolute atomic E-state index is 0.227. The maximum Gasteiger partial charge on any atom is 0.244 e. The standard InChI is InChI=1S/C46H40BF15N2.C7H8/c1-18(2)23-11-9-12-24(19(3)4)45(23)63-16-22(64(17-63)46-25(20(5)6)13-10-14-26(46)21(7)8)15-47(27-30(48)36(54)42(60)37(55)31(27)49,28-32(50)38(56)43(61)39(57)33(28)51)29-34(52)40(58)44(62)41(59)35(29)53;1-7-5-3-2-4-6-7/h9-14,17-22H,15-16H2,1-8H3;2-6H,1H3/t22-;/m1./s1. The van der Waals surface area contributed by atoms with Crippen LogP contribution in [-0.4, -0.2) is 29.6 Å². The van der Waals surface area contributed by atoms with Crippen LogP contribution in [0.5, 0.6) is 0 Å². The van der Waals surface area contributed by atoms with E-state index >= 15 is 52.7 Å². The second kappa shape index (κ2) is 20.9. The molecule has 0 saturated heterocycles. The van der Waals surface area contributed by atoms with Gasteiger partial charge in [-0.15, -0.1) is 22.7 Å². The average molecular weight is 1010 g/mol. The molecule has 0 fully saturated rings. The summed E-state index contributed by atoms with van der Waals surface area (Å²) < 4.78 is 239. The van der Waals surface area contributed by atoms with Crippen molar-refractivity contribution >= 4 is 40.2 Å². The summed E-state index contributed by atoms with van der Waals surface area (Å²) in [5.41, 5.74) is -3.58. The van der Waals surface area contributed by atoms with Crippen LogP contribution >= 0.6 is 0 Å². The number of halogens is 15. The summed E-state index contributed by atoms with van der Waals surface area (Å²) in [6, 6.07) is 18.6. The Morgan fingerprint density at radius 2 is 0.718 bits per heavy atom. The number of aryl methyl sites for hydroxylation is 1. The first-order valence-electron chi connectivity index (χ1n) is 22.6. The number of nitrogens with zero attached hydrogens (tertiary/aromatic N) is 2. The molecule has 71 heavy (non-hydrogen) atoms. The number of benzene rings is 6. The minimum atomic E-state index is -5.84. The second-order valence-corrected chi connectivity index (χ2v) is 18.9. The number of hydrogen-bond acceptors (Lipinski definition) is 1. The number of para-hydroxylation sites is 2. The molecule has 7 rings (SSSR count).